The van der Waals surface area contributed by atoms with E-state index in [1.165, 1.54) is 0 Å². The zero-order chi connectivity index (χ0) is 13.5. The third-order valence-electron chi connectivity index (χ3n) is 2.61. The fourth-order valence-corrected chi connectivity index (χ4v) is 1.84. The zero-order valence-corrected chi connectivity index (χ0v) is 11.3. The lowest BCUT2D eigenvalue weighted by Crippen LogP contribution is -1.98. The standard InChI is InChI=1S/C16H19NO2/c1-3-18-14-9-7-8-13(12-14)17-15-10-5-6-11-16(15)19-4-2/h5-12,17H,3-4H2,1-2H3. The number of para-hydroxylation sites is 2. The first kappa shape index (κ1) is 13.3. The van der Waals surface area contributed by atoms with Gasteiger partial charge in [-0.3, -0.25) is 0 Å². The number of hydrogen-bond acceptors (Lipinski definition) is 3. The van der Waals surface area contributed by atoms with E-state index in [0.717, 1.165) is 22.9 Å². The van der Waals surface area contributed by atoms with Gasteiger partial charge in [-0.05, 0) is 38.1 Å². The monoisotopic (exact) mass is 257 g/mol. The highest BCUT2D eigenvalue weighted by molar-refractivity contribution is 5.67. The molecule has 0 aliphatic heterocycles. The predicted molar refractivity (Wildman–Crippen MR) is 78.5 cm³/mol. The molecule has 0 spiro atoms. The van der Waals surface area contributed by atoms with Gasteiger partial charge in [-0.25, -0.2) is 0 Å². The van der Waals surface area contributed by atoms with Crippen LogP contribution in [0.15, 0.2) is 48.5 Å². The summed E-state index contributed by atoms with van der Waals surface area (Å²) in [5, 5.41) is 3.35. The smallest absolute Gasteiger partial charge is 0.142 e. The number of benzene rings is 2. The maximum atomic E-state index is 5.59. The van der Waals surface area contributed by atoms with E-state index in [1.807, 2.05) is 62.4 Å². The van der Waals surface area contributed by atoms with Crippen LogP contribution in [0.1, 0.15) is 13.8 Å². The average Bonchev–Trinajstić information content (AvgIpc) is 2.42. The van der Waals surface area contributed by atoms with E-state index in [2.05, 4.69) is 5.32 Å². The van der Waals surface area contributed by atoms with Crippen LogP contribution in [0.25, 0.3) is 0 Å². The molecule has 3 nitrogen and oxygen atoms in total. The lowest BCUT2D eigenvalue weighted by molar-refractivity contribution is 0.340. The fourth-order valence-electron chi connectivity index (χ4n) is 1.84. The number of hydrogen-bond donors (Lipinski definition) is 1. The minimum atomic E-state index is 0.650. The van der Waals surface area contributed by atoms with Crippen LogP contribution in [0.2, 0.25) is 0 Å². The molecule has 0 bridgehead atoms. The minimum Gasteiger partial charge on any atom is -0.494 e. The Morgan fingerprint density at radius 2 is 1.68 bits per heavy atom. The van der Waals surface area contributed by atoms with Gasteiger partial charge in [0.1, 0.15) is 11.5 Å². The number of anilines is 2. The van der Waals surface area contributed by atoms with Gasteiger partial charge in [-0.2, -0.15) is 0 Å². The van der Waals surface area contributed by atoms with Crippen molar-refractivity contribution in [1.29, 1.82) is 0 Å². The van der Waals surface area contributed by atoms with E-state index in [9.17, 15) is 0 Å². The first-order chi connectivity index (χ1) is 9.33. The second-order valence-corrected chi connectivity index (χ2v) is 4.02. The van der Waals surface area contributed by atoms with Crippen molar-refractivity contribution in [3.05, 3.63) is 48.5 Å². The van der Waals surface area contributed by atoms with Gasteiger partial charge in [0.25, 0.3) is 0 Å². The Morgan fingerprint density at radius 3 is 2.47 bits per heavy atom. The molecule has 0 fully saturated rings. The van der Waals surface area contributed by atoms with E-state index in [-0.39, 0.29) is 0 Å². The van der Waals surface area contributed by atoms with Crippen molar-refractivity contribution in [2.75, 3.05) is 18.5 Å². The molecule has 2 rings (SSSR count). The van der Waals surface area contributed by atoms with Gasteiger partial charge >= 0.3 is 0 Å². The van der Waals surface area contributed by atoms with E-state index in [4.69, 9.17) is 9.47 Å². The summed E-state index contributed by atoms with van der Waals surface area (Å²) in [6.07, 6.45) is 0. The summed E-state index contributed by atoms with van der Waals surface area (Å²) in [5.41, 5.74) is 1.94. The van der Waals surface area contributed by atoms with E-state index < -0.39 is 0 Å². The Morgan fingerprint density at radius 1 is 0.895 bits per heavy atom. The molecule has 0 radical (unpaired) electrons. The van der Waals surface area contributed by atoms with Crippen molar-refractivity contribution in [2.45, 2.75) is 13.8 Å². The molecular formula is C16H19NO2. The lowest BCUT2D eigenvalue weighted by atomic mass is 10.2. The average molecular weight is 257 g/mol. The molecule has 0 saturated carbocycles. The number of rotatable bonds is 6. The molecule has 0 heterocycles. The summed E-state index contributed by atoms with van der Waals surface area (Å²) in [6, 6.07) is 15.8. The first-order valence-corrected chi connectivity index (χ1v) is 6.55. The second kappa shape index (κ2) is 6.69. The van der Waals surface area contributed by atoms with Crippen molar-refractivity contribution >= 4 is 11.4 Å². The van der Waals surface area contributed by atoms with Crippen LogP contribution in [0.4, 0.5) is 11.4 Å². The maximum Gasteiger partial charge on any atom is 0.142 e. The molecule has 0 aromatic heterocycles. The highest BCUT2D eigenvalue weighted by Gasteiger charge is 2.03. The van der Waals surface area contributed by atoms with Crippen molar-refractivity contribution in [3.8, 4) is 11.5 Å². The third-order valence-corrected chi connectivity index (χ3v) is 2.61. The van der Waals surface area contributed by atoms with Crippen molar-refractivity contribution in [2.24, 2.45) is 0 Å². The van der Waals surface area contributed by atoms with Gasteiger partial charge in [0.2, 0.25) is 0 Å². The molecule has 100 valence electrons. The van der Waals surface area contributed by atoms with Crippen molar-refractivity contribution in [1.82, 2.24) is 0 Å². The van der Waals surface area contributed by atoms with Gasteiger partial charge in [0.15, 0.2) is 0 Å². The van der Waals surface area contributed by atoms with Crippen molar-refractivity contribution < 1.29 is 9.47 Å². The second-order valence-electron chi connectivity index (χ2n) is 4.02. The van der Waals surface area contributed by atoms with Crippen LogP contribution >= 0.6 is 0 Å². The van der Waals surface area contributed by atoms with Crippen LogP contribution in [0.3, 0.4) is 0 Å². The Hall–Kier alpha value is -2.16. The van der Waals surface area contributed by atoms with Gasteiger partial charge in [-0.15, -0.1) is 0 Å². The summed E-state index contributed by atoms with van der Waals surface area (Å²) in [7, 11) is 0. The predicted octanol–water partition coefficient (Wildman–Crippen LogP) is 4.23. The Kier molecular flexibility index (Phi) is 4.67. The fraction of sp³-hybridized carbons (Fsp3) is 0.250. The summed E-state index contributed by atoms with van der Waals surface area (Å²) in [5.74, 6) is 1.72. The topological polar surface area (TPSA) is 30.5 Å². The molecular weight excluding hydrogens is 238 g/mol. The van der Waals surface area contributed by atoms with E-state index >= 15 is 0 Å². The van der Waals surface area contributed by atoms with Crippen LogP contribution in [0, 0.1) is 0 Å². The zero-order valence-electron chi connectivity index (χ0n) is 11.3. The minimum absolute atomic E-state index is 0.650. The molecule has 2 aromatic rings. The first-order valence-electron chi connectivity index (χ1n) is 6.55. The molecule has 1 N–H and O–H groups in total. The Balaban J connectivity index is 2.18. The van der Waals surface area contributed by atoms with Crippen LogP contribution < -0.4 is 14.8 Å². The van der Waals surface area contributed by atoms with Gasteiger partial charge in [0.05, 0.1) is 18.9 Å². The van der Waals surface area contributed by atoms with Crippen molar-refractivity contribution in [3.63, 3.8) is 0 Å². The molecule has 0 unspecified atom stereocenters. The summed E-state index contributed by atoms with van der Waals surface area (Å²) in [4.78, 5) is 0. The molecule has 2 aromatic carbocycles. The molecule has 0 saturated heterocycles. The highest BCUT2D eigenvalue weighted by Crippen LogP contribution is 2.28. The molecule has 0 amide bonds. The number of nitrogens with one attached hydrogen (secondary N) is 1. The molecule has 3 heteroatoms. The lowest BCUT2D eigenvalue weighted by Gasteiger charge is -2.13. The summed E-state index contributed by atoms with van der Waals surface area (Å²) >= 11 is 0. The Bertz CT molecular complexity index is 526. The number of ether oxygens (including phenoxy) is 2. The molecule has 0 aliphatic rings. The van der Waals surface area contributed by atoms with Gasteiger partial charge < -0.3 is 14.8 Å². The SMILES string of the molecule is CCOc1cccc(Nc2ccccc2OCC)c1. The largest absolute Gasteiger partial charge is 0.494 e. The molecule has 0 aliphatic carbocycles. The van der Waals surface area contributed by atoms with E-state index in [1.54, 1.807) is 0 Å². The molecule has 19 heavy (non-hydrogen) atoms. The van der Waals surface area contributed by atoms with Gasteiger partial charge in [0, 0.05) is 11.8 Å². The highest BCUT2D eigenvalue weighted by atomic mass is 16.5. The molecule has 0 atom stereocenters. The maximum absolute atomic E-state index is 5.59. The summed E-state index contributed by atoms with van der Waals surface area (Å²) in [6.45, 7) is 5.27. The van der Waals surface area contributed by atoms with Crippen LogP contribution in [0.5, 0.6) is 11.5 Å². The van der Waals surface area contributed by atoms with E-state index in [0.29, 0.717) is 13.2 Å². The Labute approximate surface area is 114 Å². The van der Waals surface area contributed by atoms with Crippen LogP contribution in [-0.4, -0.2) is 13.2 Å². The van der Waals surface area contributed by atoms with Crippen LogP contribution in [-0.2, 0) is 0 Å². The summed E-state index contributed by atoms with van der Waals surface area (Å²) < 4.78 is 11.1. The third kappa shape index (κ3) is 3.65. The quantitative estimate of drug-likeness (QED) is 0.840. The van der Waals surface area contributed by atoms with Gasteiger partial charge in [-0.1, -0.05) is 18.2 Å². The normalized spacial score (nSPS) is 10.0.